The Kier molecular flexibility index (Phi) is 7.73. The Morgan fingerprint density at radius 3 is 1.67 bits per heavy atom. The highest BCUT2D eigenvalue weighted by Gasteiger charge is 2.36. The largest absolute Gasteiger partial charge is 0.253 e. The maximum absolute atomic E-state index is 5.34. The molecule has 1 aliphatic carbocycles. The van der Waals surface area contributed by atoms with Gasteiger partial charge in [0.05, 0.1) is 5.69 Å². The van der Waals surface area contributed by atoms with Crippen LogP contribution in [0.3, 0.4) is 0 Å². The number of nitrogens with zero attached hydrogens (tertiary/aromatic N) is 4. The zero-order valence-electron chi connectivity index (χ0n) is 28.9. The smallest absolute Gasteiger partial charge is 0.164 e. The number of rotatable bonds is 6. The molecule has 0 saturated carbocycles. The molecule has 4 heteroatoms. The van der Waals surface area contributed by atoms with Crippen LogP contribution < -0.4 is 0 Å². The van der Waals surface area contributed by atoms with Crippen LogP contribution in [0.2, 0.25) is 0 Å². The Bertz CT molecular complexity index is 2360. The van der Waals surface area contributed by atoms with Crippen LogP contribution in [0.4, 0.5) is 5.69 Å². The standard InChI is InChI=1S/C47H38N4/c1-47(2)40-29-35(42-27-24-34(28-31-14-6-3-7-15-31)37-20-12-13-21-43(37)48-42)22-25-38(40)39-26-23-36(30-41(39)47)46-50-44(32-16-8-4-9-17-32)49-45(51-46)33-18-10-5-11-19-33/h3-23,25-26,29-30,34H,24,27-28H2,1-2H3. The van der Waals surface area contributed by atoms with Crippen LogP contribution in [-0.2, 0) is 11.8 Å². The van der Waals surface area contributed by atoms with E-state index in [0.717, 1.165) is 41.6 Å². The summed E-state index contributed by atoms with van der Waals surface area (Å²) >= 11 is 0. The predicted molar refractivity (Wildman–Crippen MR) is 208 cm³/mol. The molecule has 2 heterocycles. The average Bonchev–Trinajstić information content (AvgIpc) is 3.28. The van der Waals surface area contributed by atoms with E-state index < -0.39 is 0 Å². The minimum Gasteiger partial charge on any atom is -0.253 e. The lowest BCUT2D eigenvalue weighted by Gasteiger charge is -2.22. The topological polar surface area (TPSA) is 51.0 Å². The zero-order chi connectivity index (χ0) is 34.4. The summed E-state index contributed by atoms with van der Waals surface area (Å²) in [6.07, 6.45) is 3.03. The van der Waals surface area contributed by atoms with Crippen molar-refractivity contribution in [2.75, 3.05) is 0 Å². The summed E-state index contributed by atoms with van der Waals surface area (Å²) in [7, 11) is 0. The second kappa shape index (κ2) is 12.7. The Labute approximate surface area is 299 Å². The lowest BCUT2D eigenvalue weighted by molar-refractivity contribution is 0.644. The molecule has 0 radical (unpaired) electrons. The van der Waals surface area contributed by atoms with Gasteiger partial charge in [-0.25, -0.2) is 15.0 Å². The van der Waals surface area contributed by atoms with Crippen molar-refractivity contribution in [1.82, 2.24) is 15.0 Å². The van der Waals surface area contributed by atoms with E-state index >= 15 is 0 Å². The minimum absolute atomic E-state index is 0.215. The highest BCUT2D eigenvalue weighted by molar-refractivity contribution is 6.03. The van der Waals surface area contributed by atoms with Crippen LogP contribution >= 0.6 is 0 Å². The fourth-order valence-electron chi connectivity index (χ4n) is 7.92. The maximum atomic E-state index is 5.34. The van der Waals surface area contributed by atoms with Crippen molar-refractivity contribution in [3.8, 4) is 45.3 Å². The summed E-state index contributed by atoms with van der Waals surface area (Å²) in [5.41, 5.74) is 14.1. The van der Waals surface area contributed by atoms with Crippen molar-refractivity contribution in [2.24, 2.45) is 4.99 Å². The second-order valence-corrected chi connectivity index (χ2v) is 14.2. The third-order valence-corrected chi connectivity index (χ3v) is 10.7. The molecule has 246 valence electrons. The van der Waals surface area contributed by atoms with Gasteiger partial charge in [-0.15, -0.1) is 0 Å². The van der Waals surface area contributed by atoms with E-state index in [4.69, 9.17) is 19.9 Å². The second-order valence-electron chi connectivity index (χ2n) is 14.2. The summed E-state index contributed by atoms with van der Waals surface area (Å²) in [6.45, 7) is 4.67. The third-order valence-electron chi connectivity index (χ3n) is 10.7. The number of para-hydroxylation sites is 1. The van der Waals surface area contributed by atoms with Gasteiger partial charge in [-0.1, -0.05) is 147 Å². The van der Waals surface area contributed by atoms with Gasteiger partial charge in [-0.3, -0.25) is 4.99 Å². The molecule has 6 aromatic carbocycles. The molecule has 0 bridgehead atoms. The lowest BCUT2D eigenvalue weighted by Crippen LogP contribution is -2.16. The van der Waals surface area contributed by atoms with Crippen LogP contribution in [0.25, 0.3) is 45.3 Å². The third kappa shape index (κ3) is 5.77. The number of aromatic nitrogens is 3. The SMILES string of the molecule is CC1(C)c2cc(C3=Nc4ccccc4C(Cc4ccccc4)CC3)ccc2-c2ccc(-c3nc(-c4ccccc4)nc(-c4ccccc4)n3)cc21. The molecule has 9 rings (SSSR count). The Morgan fingerprint density at radius 1 is 0.529 bits per heavy atom. The number of benzene rings is 6. The van der Waals surface area contributed by atoms with Crippen molar-refractivity contribution < 1.29 is 0 Å². The van der Waals surface area contributed by atoms with Crippen molar-refractivity contribution in [1.29, 1.82) is 0 Å². The molecule has 0 fully saturated rings. The van der Waals surface area contributed by atoms with Crippen LogP contribution in [0, 0.1) is 0 Å². The van der Waals surface area contributed by atoms with Crippen LogP contribution in [0.15, 0.2) is 157 Å². The van der Waals surface area contributed by atoms with Gasteiger partial charge in [-0.05, 0) is 82.3 Å². The first-order chi connectivity index (χ1) is 25.0. The number of hydrogen-bond acceptors (Lipinski definition) is 4. The normalized spacial score (nSPS) is 15.6. The molecule has 7 aromatic rings. The first kappa shape index (κ1) is 31.0. The Morgan fingerprint density at radius 2 is 1.04 bits per heavy atom. The van der Waals surface area contributed by atoms with Gasteiger partial charge in [0.15, 0.2) is 17.5 Å². The van der Waals surface area contributed by atoms with Crippen molar-refractivity contribution in [3.63, 3.8) is 0 Å². The van der Waals surface area contributed by atoms with Crippen LogP contribution in [-0.4, -0.2) is 20.7 Å². The van der Waals surface area contributed by atoms with Gasteiger partial charge in [0.2, 0.25) is 0 Å². The summed E-state index contributed by atoms with van der Waals surface area (Å²) in [5.74, 6) is 2.45. The van der Waals surface area contributed by atoms with E-state index in [-0.39, 0.29) is 5.41 Å². The van der Waals surface area contributed by atoms with E-state index in [1.807, 2.05) is 36.4 Å². The molecule has 0 N–H and O–H groups in total. The van der Waals surface area contributed by atoms with E-state index in [9.17, 15) is 0 Å². The number of hydrogen-bond donors (Lipinski definition) is 0. The molecule has 0 saturated heterocycles. The van der Waals surface area contributed by atoms with Gasteiger partial charge in [-0.2, -0.15) is 0 Å². The van der Waals surface area contributed by atoms with Gasteiger partial charge < -0.3 is 0 Å². The Balaban J connectivity index is 1.07. The monoisotopic (exact) mass is 658 g/mol. The molecule has 1 unspecified atom stereocenters. The minimum atomic E-state index is -0.215. The zero-order valence-corrected chi connectivity index (χ0v) is 28.9. The highest BCUT2D eigenvalue weighted by atomic mass is 15.0. The maximum Gasteiger partial charge on any atom is 0.164 e. The fraction of sp³-hybridized carbons (Fsp3) is 0.149. The molecule has 0 amide bonds. The Hall–Kier alpha value is -6.00. The number of fused-ring (bicyclic) bond motifs is 4. The summed E-state index contributed by atoms with van der Waals surface area (Å²) in [4.78, 5) is 20.3. The highest BCUT2D eigenvalue weighted by Crippen LogP contribution is 2.50. The summed E-state index contributed by atoms with van der Waals surface area (Å²) in [5, 5.41) is 0. The van der Waals surface area contributed by atoms with Gasteiger partial charge in [0.1, 0.15) is 0 Å². The van der Waals surface area contributed by atoms with E-state index in [0.29, 0.717) is 23.4 Å². The molecule has 51 heavy (non-hydrogen) atoms. The number of aliphatic imine (C=N–C) groups is 1. The van der Waals surface area contributed by atoms with Gasteiger partial charge >= 0.3 is 0 Å². The van der Waals surface area contributed by atoms with Gasteiger partial charge in [0, 0.05) is 27.8 Å². The molecule has 4 nitrogen and oxygen atoms in total. The molecule has 0 spiro atoms. The van der Waals surface area contributed by atoms with Gasteiger partial charge in [0.25, 0.3) is 0 Å². The molecule has 1 aliphatic heterocycles. The van der Waals surface area contributed by atoms with Crippen molar-refractivity contribution in [3.05, 3.63) is 179 Å². The fourth-order valence-corrected chi connectivity index (χ4v) is 7.92. The lowest BCUT2D eigenvalue weighted by atomic mass is 9.81. The molecular formula is C47H38N4. The van der Waals surface area contributed by atoms with Crippen LogP contribution in [0.5, 0.6) is 0 Å². The quantitative estimate of drug-likeness (QED) is 0.179. The molecular weight excluding hydrogens is 621 g/mol. The average molecular weight is 659 g/mol. The van der Waals surface area contributed by atoms with E-state index in [1.165, 1.54) is 44.7 Å². The predicted octanol–water partition coefficient (Wildman–Crippen LogP) is 11.4. The first-order valence-electron chi connectivity index (χ1n) is 17.9. The van der Waals surface area contributed by atoms with Crippen molar-refractivity contribution >= 4 is 11.4 Å². The van der Waals surface area contributed by atoms with Crippen LogP contribution in [0.1, 0.15) is 60.4 Å². The van der Waals surface area contributed by atoms with E-state index in [1.54, 1.807) is 0 Å². The molecule has 1 atom stereocenters. The first-order valence-corrected chi connectivity index (χ1v) is 17.9. The van der Waals surface area contributed by atoms with Crippen molar-refractivity contribution in [2.45, 2.75) is 44.4 Å². The molecule has 2 aliphatic rings. The summed E-state index contributed by atoms with van der Waals surface area (Å²) in [6, 6.07) is 53.6. The van der Waals surface area contributed by atoms with E-state index in [2.05, 4.69) is 129 Å². The molecule has 1 aromatic heterocycles. The summed E-state index contributed by atoms with van der Waals surface area (Å²) < 4.78 is 0.